The van der Waals surface area contributed by atoms with E-state index in [9.17, 15) is 9.18 Å². The maximum atomic E-state index is 13.0. The molecule has 1 aromatic heterocycles. The summed E-state index contributed by atoms with van der Waals surface area (Å²) in [6, 6.07) is 4.19. The summed E-state index contributed by atoms with van der Waals surface area (Å²) in [6.45, 7) is 3.27. The minimum atomic E-state index is -1.17. The first kappa shape index (κ1) is 12.9. The monoisotopic (exact) mass is 261 g/mol. The number of carboxylic acids is 1. The van der Waals surface area contributed by atoms with Crippen LogP contribution in [0.3, 0.4) is 0 Å². The van der Waals surface area contributed by atoms with Crippen molar-refractivity contribution in [3.8, 4) is 11.4 Å². The van der Waals surface area contributed by atoms with Gasteiger partial charge in [0.05, 0.1) is 5.69 Å². The Balaban J connectivity index is 2.61. The van der Waals surface area contributed by atoms with E-state index in [0.29, 0.717) is 11.1 Å². The Morgan fingerprint density at radius 3 is 2.53 bits per heavy atom. The number of carbonyl (C=O) groups is 1. The number of aromatic carboxylic acids is 1. The number of hydrogen-bond acceptors (Lipinski definition) is 4. The van der Waals surface area contributed by atoms with Gasteiger partial charge in [-0.25, -0.2) is 19.2 Å². The van der Waals surface area contributed by atoms with E-state index in [2.05, 4.69) is 9.97 Å². The standard InChI is InChI=1S/C13H12FN3O2/c1-6-5-8(14)3-4-9(6)12-16-7(2)10(13(18)19)11(15)17-12/h3-5H,1-2H3,(H,18,19)(H2,15,16,17). The Hall–Kier alpha value is -2.50. The lowest BCUT2D eigenvalue weighted by Gasteiger charge is -2.09. The van der Waals surface area contributed by atoms with Gasteiger partial charge < -0.3 is 10.8 Å². The number of nitrogens with two attached hydrogens (primary N) is 1. The van der Waals surface area contributed by atoms with Crippen LogP contribution in [0.25, 0.3) is 11.4 Å². The summed E-state index contributed by atoms with van der Waals surface area (Å²) in [6.07, 6.45) is 0. The summed E-state index contributed by atoms with van der Waals surface area (Å²) in [5.74, 6) is -1.33. The first-order valence-electron chi connectivity index (χ1n) is 5.54. The van der Waals surface area contributed by atoms with Crippen LogP contribution in [-0.2, 0) is 0 Å². The summed E-state index contributed by atoms with van der Waals surface area (Å²) < 4.78 is 13.0. The molecule has 0 saturated carbocycles. The molecule has 1 heterocycles. The Bertz CT molecular complexity index is 648. The molecule has 2 aromatic rings. The number of carboxylic acid groups (broad SMARTS) is 1. The molecule has 1 aromatic carbocycles. The fourth-order valence-electron chi connectivity index (χ4n) is 1.86. The number of aryl methyl sites for hydroxylation is 2. The molecule has 98 valence electrons. The number of nitrogens with zero attached hydrogens (tertiary/aromatic N) is 2. The van der Waals surface area contributed by atoms with Gasteiger partial charge in [0.25, 0.3) is 0 Å². The zero-order chi connectivity index (χ0) is 14.2. The highest BCUT2D eigenvalue weighted by atomic mass is 19.1. The zero-order valence-corrected chi connectivity index (χ0v) is 10.4. The lowest BCUT2D eigenvalue weighted by atomic mass is 10.1. The van der Waals surface area contributed by atoms with Crippen molar-refractivity contribution < 1.29 is 14.3 Å². The van der Waals surface area contributed by atoms with Gasteiger partial charge >= 0.3 is 5.97 Å². The highest BCUT2D eigenvalue weighted by molar-refractivity contribution is 5.94. The maximum Gasteiger partial charge on any atom is 0.341 e. The van der Waals surface area contributed by atoms with Crippen LogP contribution in [0.5, 0.6) is 0 Å². The zero-order valence-electron chi connectivity index (χ0n) is 10.4. The van der Waals surface area contributed by atoms with Crippen molar-refractivity contribution in [2.75, 3.05) is 5.73 Å². The van der Waals surface area contributed by atoms with Gasteiger partial charge in [-0.2, -0.15) is 0 Å². The SMILES string of the molecule is Cc1cc(F)ccc1-c1nc(C)c(C(=O)O)c(N)n1. The van der Waals surface area contributed by atoms with E-state index in [1.807, 2.05) is 0 Å². The first-order chi connectivity index (χ1) is 8.90. The Kier molecular flexibility index (Phi) is 3.16. The molecule has 0 saturated heterocycles. The molecule has 5 nitrogen and oxygen atoms in total. The van der Waals surface area contributed by atoms with Gasteiger partial charge in [-0.1, -0.05) is 0 Å². The van der Waals surface area contributed by atoms with Gasteiger partial charge in [0, 0.05) is 5.56 Å². The Morgan fingerprint density at radius 1 is 1.32 bits per heavy atom. The quantitative estimate of drug-likeness (QED) is 0.864. The molecule has 0 aliphatic heterocycles. The average molecular weight is 261 g/mol. The molecule has 0 fully saturated rings. The lowest BCUT2D eigenvalue weighted by Crippen LogP contribution is -2.10. The van der Waals surface area contributed by atoms with Crippen LogP contribution >= 0.6 is 0 Å². The van der Waals surface area contributed by atoms with E-state index in [-0.39, 0.29) is 28.7 Å². The third-order valence-corrected chi connectivity index (χ3v) is 2.76. The Labute approximate surface area is 108 Å². The summed E-state index contributed by atoms with van der Waals surface area (Å²) >= 11 is 0. The summed E-state index contributed by atoms with van der Waals surface area (Å²) in [7, 11) is 0. The molecule has 3 N–H and O–H groups in total. The predicted octanol–water partition coefficient (Wildman–Crippen LogP) is 2.18. The number of halogens is 1. The third kappa shape index (κ3) is 2.37. The second-order valence-electron chi connectivity index (χ2n) is 4.16. The number of rotatable bonds is 2. The maximum absolute atomic E-state index is 13.0. The minimum absolute atomic E-state index is 0.0984. The van der Waals surface area contributed by atoms with E-state index in [0.717, 1.165) is 0 Å². The molecular weight excluding hydrogens is 249 g/mol. The highest BCUT2D eigenvalue weighted by Gasteiger charge is 2.17. The molecular formula is C13H12FN3O2. The van der Waals surface area contributed by atoms with Crippen molar-refractivity contribution in [2.24, 2.45) is 0 Å². The van der Waals surface area contributed by atoms with Gasteiger partial charge in [-0.05, 0) is 37.6 Å². The molecule has 0 unspecified atom stereocenters. The van der Waals surface area contributed by atoms with Crippen LogP contribution in [0.15, 0.2) is 18.2 Å². The van der Waals surface area contributed by atoms with Crippen LogP contribution in [0, 0.1) is 19.7 Å². The molecule has 0 bridgehead atoms. The first-order valence-corrected chi connectivity index (χ1v) is 5.54. The van der Waals surface area contributed by atoms with E-state index < -0.39 is 5.97 Å². The van der Waals surface area contributed by atoms with Crippen molar-refractivity contribution in [1.82, 2.24) is 9.97 Å². The van der Waals surface area contributed by atoms with Gasteiger partial charge in [-0.15, -0.1) is 0 Å². The number of aromatic nitrogens is 2. The highest BCUT2D eigenvalue weighted by Crippen LogP contribution is 2.24. The van der Waals surface area contributed by atoms with E-state index in [1.54, 1.807) is 19.9 Å². The lowest BCUT2D eigenvalue weighted by molar-refractivity contribution is 0.0696. The summed E-state index contributed by atoms with van der Waals surface area (Å²) in [5, 5.41) is 8.99. The minimum Gasteiger partial charge on any atom is -0.477 e. The normalized spacial score (nSPS) is 10.5. The van der Waals surface area contributed by atoms with Crippen LogP contribution in [0.4, 0.5) is 10.2 Å². The molecule has 0 radical (unpaired) electrons. The fourth-order valence-corrected chi connectivity index (χ4v) is 1.86. The molecule has 0 aliphatic rings. The van der Waals surface area contributed by atoms with Crippen LogP contribution in [-0.4, -0.2) is 21.0 Å². The number of benzene rings is 1. The molecule has 6 heteroatoms. The molecule has 0 amide bonds. The summed E-state index contributed by atoms with van der Waals surface area (Å²) in [5.41, 5.74) is 7.08. The van der Waals surface area contributed by atoms with Gasteiger partial charge in [-0.3, -0.25) is 0 Å². The Morgan fingerprint density at radius 2 is 2.00 bits per heavy atom. The van der Waals surface area contributed by atoms with Gasteiger partial charge in [0.1, 0.15) is 17.2 Å². The second-order valence-corrected chi connectivity index (χ2v) is 4.16. The van der Waals surface area contributed by atoms with Crippen molar-refractivity contribution in [1.29, 1.82) is 0 Å². The van der Waals surface area contributed by atoms with E-state index in [4.69, 9.17) is 10.8 Å². The molecule has 0 spiro atoms. The van der Waals surface area contributed by atoms with Gasteiger partial charge in [0.15, 0.2) is 5.82 Å². The fraction of sp³-hybridized carbons (Fsp3) is 0.154. The smallest absolute Gasteiger partial charge is 0.341 e. The molecule has 0 aliphatic carbocycles. The van der Waals surface area contributed by atoms with Crippen LogP contribution < -0.4 is 5.73 Å². The van der Waals surface area contributed by atoms with Crippen molar-refractivity contribution in [3.63, 3.8) is 0 Å². The molecule has 0 atom stereocenters. The number of hydrogen-bond donors (Lipinski definition) is 2. The topological polar surface area (TPSA) is 89.1 Å². The van der Waals surface area contributed by atoms with E-state index in [1.165, 1.54) is 12.1 Å². The van der Waals surface area contributed by atoms with Crippen LogP contribution in [0.2, 0.25) is 0 Å². The largest absolute Gasteiger partial charge is 0.477 e. The molecule has 2 rings (SSSR count). The van der Waals surface area contributed by atoms with Gasteiger partial charge in [0.2, 0.25) is 0 Å². The molecule has 19 heavy (non-hydrogen) atoms. The number of anilines is 1. The van der Waals surface area contributed by atoms with Crippen LogP contribution in [0.1, 0.15) is 21.6 Å². The summed E-state index contributed by atoms with van der Waals surface area (Å²) in [4.78, 5) is 19.1. The average Bonchev–Trinajstić information content (AvgIpc) is 2.26. The number of nitrogen functional groups attached to an aromatic ring is 1. The second kappa shape index (κ2) is 4.64. The van der Waals surface area contributed by atoms with Crippen molar-refractivity contribution in [2.45, 2.75) is 13.8 Å². The van der Waals surface area contributed by atoms with E-state index >= 15 is 0 Å². The predicted molar refractivity (Wildman–Crippen MR) is 68.3 cm³/mol. The third-order valence-electron chi connectivity index (χ3n) is 2.76. The van der Waals surface area contributed by atoms with Crippen molar-refractivity contribution in [3.05, 3.63) is 40.8 Å². The van der Waals surface area contributed by atoms with Crippen molar-refractivity contribution >= 4 is 11.8 Å².